The molecule has 0 spiro atoms. The van der Waals surface area contributed by atoms with E-state index < -0.39 is 0 Å². The molecule has 0 bridgehead atoms. The molecule has 0 radical (unpaired) electrons. The number of rotatable bonds is 4. The molecule has 4 rings (SSSR count). The van der Waals surface area contributed by atoms with Gasteiger partial charge in [-0.2, -0.15) is 0 Å². The Balaban J connectivity index is 1.57. The quantitative estimate of drug-likeness (QED) is 0.867. The fourth-order valence-corrected chi connectivity index (χ4v) is 2.91. The highest BCUT2D eigenvalue weighted by molar-refractivity contribution is 9.10. The molecular weight excluding hydrogens is 308 g/mol. The Kier molecular flexibility index (Phi) is 2.72. The molecule has 2 aromatic heterocycles. The van der Waals surface area contributed by atoms with Crippen LogP contribution in [0, 0.1) is 0 Å². The van der Waals surface area contributed by atoms with Crippen LogP contribution < -0.4 is 0 Å². The molecule has 0 aliphatic heterocycles. The van der Waals surface area contributed by atoms with E-state index in [-0.39, 0.29) is 0 Å². The molecule has 0 amide bonds. The summed E-state index contributed by atoms with van der Waals surface area (Å²) in [6, 6.07) is 2.07. The van der Waals surface area contributed by atoms with E-state index in [0.29, 0.717) is 23.1 Å². The normalized spacial score (nSPS) is 19.6. The van der Waals surface area contributed by atoms with Crippen molar-refractivity contribution in [2.45, 2.75) is 50.5 Å². The zero-order valence-electron chi connectivity index (χ0n) is 10.5. The SMILES string of the molecule is Brc1nc(C2CCC2)n(Cc2cc(C3CC3)no2)n1. The van der Waals surface area contributed by atoms with E-state index in [9.17, 15) is 0 Å². The van der Waals surface area contributed by atoms with Gasteiger partial charge in [0.25, 0.3) is 0 Å². The summed E-state index contributed by atoms with van der Waals surface area (Å²) >= 11 is 3.37. The second-order valence-corrected chi connectivity index (χ2v) is 6.23. The standard InChI is InChI=1S/C13H15BrN4O/c14-13-15-12(9-2-1-3-9)18(16-13)7-10-6-11(17-19-10)8-4-5-8/h6,8-9H,1-5,7H2. The van der Waals surface area contributed by atoms with Crippen LogP contribution in [0.15, 0.2) is 15.3 Å². The molecule has 0 aromatic carbocycles. The van der Waals surface area contributed by atoms with E-state index in [2.05, 4.69) is 37.2 Å². The van der Waals surface area contributed by atoms with Gasteiger partial charge in [0.05, 0.1) is 5.69 Å². The van der Waals surface area contributed by atoms with Crippen LogP contribution in [0.1, 0.15) is 61.2 Å². The van der Waals surface area contributed by atoms with Crippen LogP contribution in [0.2, 0.25) is 0 Å². The van der Waals surface area contributed by atoms with Crippen molar-refractivity contribution in [2.24, 2.45) is 0 Å². The fourth-order valence-electron chi connectivity index (χ4n) is 2.53. The van der Waals surface area contributed by atoms with E-state index in [1.807, 2.05) is 4.68 Å². The van der Waals surface area contributed by atoms with Crippen molar-refractivity contribution in [3.05, 3.63) is 28.1 Å². The highest BCUT2D eigenvalue weighted by Crippen LogP contribution is 2.39. The average Bonchev–Trinajstić information content (AvgIpc) is 2.97. The first-order valence-electron chi connectivity index (χ1n) is 6.85. The minimum Gasteiger partial charge on any atom is -0.359 e. The van der Waals surface area contributed by atoms with Gasteiger partial charge in [-0.25, -0.2) is 9.67 Å². The summed E-state index contributed by atoms with van der Waals surface area (Å²) in [7, 11) is 0. The molecule has 0 atom stereocenters. The molecule has 0 N–H and O–H groups in total. The van der Waals surface area contributed by atoms with Gasteiger partial charge in [-0.15, -0.1) is 5.10 Å². The second-order valence-electron chi connectivity index (χ2n) is 5.52. The van der Waals surface area contributed by atoms with Crippen molar-refractivity contribution in [1.82, 2.24) is 19.9 Å². The zero-order valence-corrected chi connectivity index (χ0v) is 12.1. The first-order valence-corrected chi connectivity index (χ1v) is 7.64. The number of aromatic nitrogens is 4. The summed E-state index contributed by atoms with van der Waals surface area (Å²) in [5.74, 6) is 3.14. The Morgan fingerprint density at radius 1 is 1.26 bits per heavy atom. The minimum absolute atomic E-state index is 0.560. The molecule has 5 nitrogen and oxygen atoms in total. The van der Waals surface area contributed by atoms with Crippen LogP contribution in [-0.4, -0.2) is 19.9 Å². The Morgan fingerprint density at radius 2 is 2.11 bits per heavy atom. The van der Waals surface area contributed by atoms with Gasteiger partial charge in [0, 0.05) is 17.9 Å². The molecule has 19 heavy (non-hydrogen) atoms. The number of hydrogen-bond acceptors (Lipinski definition) is 4. The maximum atomic E-state index is 5.41. The van der Waals surface area contributed by atoms with E-state index in [1.54, 1.807) is 0 Å². The van der Waals surface area contributed by atoms with Crippen molar-refractivity contribution in [3.8, 4) is 0 Å². The summed E-state index contributed by atoms with van der Waals surface area (Å²) < 4.78 is 8.02. The summed E-state index contributed by atoms with van der Waals surface area (Å²) in [5, 5.41) is 8.55. The van der Waals surface area contributed by atoms with Crippen molar-refractivity contribution in [1.29, 1.82) is 0 Å². The lowest BCUT2D eigenvalue weighted by molar-refractivity contribution is 0.348. The lowest BCUT2D eigenvalue weighted by atomic mass is 9.85. The van der Waals surface area contributed by atoms with Gasteiger partial charge in [-0.05, 0) is 41.6 Å². The van der Waals surface area contributed by atoms with Crippen LogP contribution in [0.25, 0.3) is 0 Å². The lowest BCUT2D eigenvalue weighted by Gasteiger charge is -2.24. The van der Waals surface area contributed by atoms with Gasteiger partial charge < -0.3 is 4.52 Å². The Labute approximate surface area is 119 Å². The average molecular weight is 323 g/mol. The minimum atomic E-state index is 0.560. The highest BCUT2D eigenvalue weighted by atomic mass is 79.9. The molecule has 2 aliphatic rings. The van der Waals surface area contributed by atoms with Gasteiger partial charge >= 0.3 is 0 Å². The third-order valence-corrected chi connectivity index (χ3v) is 4.36. The maximum Gasteiger partial charge on any atom is 0.217 e. The maximum absolute atomic E-state index is 5.41. The summed E-state index contributed by atoms with van der Waals surface area (Å²) in [5.41, 5.74) is 1.10. The van der Waals surface area contributed by atoms with E-state index >= 15 is 0 Å². The predicted octanol–water partition coefficient (Wildman–Crippen LogP) is 3.22. The molecule has 6 heteroatoms. The third kappa shape index (κ3) is 2.22. The third-order valence-electron chi connectivity index (χ3n) is 4.02. The molecule has 2 aliphatic carbocycles. The lowest BCUT2D eigenvalue weighted by Crippen LogP contribution is -2.16. The first-order chi connectivity index (χ1) is 9.29. The molecule has 100 valence electrons. The molecule has 2 heterocycles. The van der Waals surface area contributed by atoms with E-state index in [0.717, 1.165) is 17.3 Å². The number of hydrogen-bond donors (Lipinski definition) is 0. The van der Waals surface area contributed by atoms with Crippen molar-refractivity contribution < 1.29 is 4.52 Å². The topological polar surface area (TPSA) is 56.7 Å². The monoisotopic (exact) mass is 322 g/mol. The predicted molar refractivity (Wildman–Crippen MR) is 71.9 cm³/mol. The van der Waals surface area contributed by atoms with Crippen molar-refractivity contribution in [2.75, 3.05) is 0 Å². The fraction of sp³-hybridized carbons (Fsp3) is 0.615. The molecule has 2 fully saturated rings. The summed E-state index contributed by atoms with van der Waals surface area (Å²) in [6.45, 7) is 0.629. The van der Waals surface area contributed by atoms with Crippen LogP contribution in [0.5, 0.6) is 0 Å². The Hall–Kier alpha value is -1.17. The molecular formula is C13H15BrN4O. The van der Waals surface area contributed by atoms with Crippen LogP contribution >= 0.6 is 15.9 Å². The van der Waals surface area contributed by atoms with Crippen LogP contribution in [0.4, 0.5) is 0 Å². The second kappa shape index (κ2) is 4.44. The summed E-state index contributed by atoms with van der Waals surface area (Å²) in [6.07, 6.45) is 6.22. The smallest absolute Gasteiger partial charge is 0.217 e. The number of halogens is 1. The van der Waals surface area contributed by atoms with Gasteiger partial charge in [-0.3, -0.25) is 0 Å². The largest absolute Gasteiger partial charge is 0.359 e. The Bertz CT molecular complexity index is 598. The van der Waals surface area contributed by atoms with Crippen molar-refractivity contribution >= 4 is 15.9 Å². The van der Waals surface area contributed by atoms with Gasteiger partial charge in [0.1, 0.15) is 12.4 Å². The van der Waals surface area contributed by atoms with E-state index in [4.69, 9.17) is 4.52 Å². The molecule has 0 unspecified atom stereocenters. The van der Waals surface area contributed by atoms with E-state index in [1.165, 1.54) is 32.1 Å². The zero-order chi connectivity index (χ0) is 12.8. The van der Waals surface area contributed by atoms with Gasteiger partial charge in [0.15, 0.2) is 5.76 Å². The van der Waals surface area contributed by atoms with Crippen LogP contribution in [0.3, 0.4) is 0 Å². The Morgan fingerprint density at radius 3 is 2.79 bits per heavy atom. The van der Waals surface area contributed by atoms with Gasteiger partial charge in [-0.1, -0.05) is 11.6 Å². The number of nitrogens with zero attached hydrogens (tertiary/aromatic N) is 4. The van der Waals surface area contributed by atoms with Crippen molar-refractivity contribution in [3.63, 3.8) is 0 Å². The molecule has 0 saturated heterocycles. The highest BCUT2D eigenvalue weighted by Gasteiger charge is 2.28. The van der Waals surface area contributed by atoms with Gasteiger partial charge in [0.2, 0.25) is 4.73 Å². The summed E-state index contributed by atoms with van der Waals surface area (Å²) in [4.78, 5) is 4.49. The van der Waals surface area contributed by atoms with Crippen LogP contribution in [-0.2, 0) is 6.54 Å². The molecule has 2 saturated carbocycles. The first kappa shape index (κ1) is 11.6. The molecule has 2 aromatic rings.